The summed E-state index contributed by atoms with van der Waals surface area (Å²) < 4.78 is 5.30. The second-order valence-corrected chi connectivity index (χ2v) is 5.86. The van der Waals surface area contributed by atoms with Crippen LogP contribution in [-0.4, -0.2) is 15.9 Å². The Morgan fingerprint density at radius 1 is 1.32 bits per heavy atom. The number of aromatic nitrogens is 2. The topological polar surface area (TPSA) is 68.0 Å². The molecule has 112 valence electrons. The zero-order valence-electron chi connectivity index (χ0n) is 12.2. The number of pyridine rings is 1. The summed E-state index contributed by atoms with van der Waals surface area (Å²) in [6.45, 7) is 3.71. The highest BCUT2D eigenvalue weighted by molar-refractivity contribution is 7.17. The summed E-state index contributed by atoms with van der Waals surface area (Å²) in [5.41, 5.74) is 1.48. The molecule has 22 heavy (non-hydrogen) atoms. The number of hydrogen-bond acceptors (Lipinski definition) is 5. The zero-order valence-corrected chi connectivity index (χ0v) is 13.1. The summed E-state index contributed by atoms with van der Waals surface area (Å²) in [5.74, 6) is 0.571. The van der Waals surface area contributed by atoms with E-state index in [1.165, 1.54) is 11.3 Å². The normalized spacial score (nSPS) is 12.1. The van der Waals surface area contributed by atoms with Crippen molar-refractivity contribution in [2.75, 3.05) is 0 Å². The lowest BCUT2D eigenvalue weighted by Gasteiger charge is -2.10. The van der Waals surface area contributed by atoms with E-state index in [1.54, 1.807) is 18.5 Å². The van der Waals surface area contributed by atoms with Gasteiger partial charge in [-0.25, -0.2) is 4.98 Å². The van der Waals surface area contributed by atoms with E-state index < -0.39 is 0 Å². The Hall–Kier alpha value is -2.47. The molecule has 0 aromatic carbocycles. The van der Waals surface area contributed by atoms with Gasteiger partial charge in [-0.2, -0.15) is 0 Å². The molecule has 5 nitrogen and oxygen atoms in total. The van der Waals surface area contributed by atoms with Crippen molar-refractivity contribution < 1.29 is 9.21 Å². The first-order chi connectivity index (χ1) is 10.6. The molecule has 0 saturated heterocycles. The maximum atomic E-state index is 12.4. The average Bonchev–Trinajstić information content (AvgIpc) is 3.17. The predicted octanol–water partition coefficient (Wildman–Crippen LogP) is 3.60. The van der Waals surface area contributed by atoms with Gasteiger partial charge in [-0.15, -0.1) is 11.3 Å². The van der Waals surface area contributed by atoms with Crippen LogP contribution < -0.4 is 5.32 Å². The van der Waals surface area contributed by atoms with Crippen LogP contribution in [0.2, 0.25) is 0 Å². The van der Waals surface area contributed by atoms with Crippen LogP contribution in [0.3, 0.4) is 0 Å². The highest BCUT2D eigenvalue weighted by atomic mass is 32.1. The Labute approximate surface area is 132 Å². The Morgan fingerprint density at radius 3 is 2.86 bits per heavy atom. The van der Waals surface area contributed by atoms with Crippen LogP contribution >= 0.6 is 11.3 Å². The lowest BCUT2D eigenvalue weighted by molar-refractivity contribution is 0.0938. The van der Waals surface area contributed by atoms with Gasteiger partial charge in [0, 0.05) is 6.20 Å². The van der Waals surface area contributed by atoms with Crippen molar-refractivity contribution in [3.8, 4) is 10.7 Å². The molecule has 0 fully saturated rings. The fourth-order valence-corrected chi connectivity index (χ4v) is 3.02. The van der Waals surface area contributed by atoms with Gasteiger partial charge in [0.1, 0.15) is 15.6 Å². The minimum atomic E-state index is -0.192. The molecule has 0 aliphatic rings. The van der Waals surface area contributed by atoms with Crippen LogP contribution in [0.15, 0.2) is 47.2 Å². The van der Waals surface area contributed by atoms with E-state index >= 15 is 0 Å². The second kappa shape index (κ2) is 6.11. The molecule has 3 rings (SSSR count). The summed E-state index contributed by atoms with van der Waals surface area (Å²) >= 11 is 1.34. The number of nitrogens with zero attached hydrogens (tertiary/aromatic N) is 2. The van der Waals surface area contributed by atoms with Gasteiger partial charge < -0.3 is 9.73 Å². The molecular weight excluding hydrogens is 298 g/mol. The highest BCUT2D eigenvalue weighted by Gasteiger charge is 2.19. The number of rotatable bonds is 4. The van der Waals surface area contributed by atoms with Crippen molar-refractivity contribution in [3.63, 3.8) is 0 Å². The van der Waals surface area contributed by atoms with E-state index in [9.17, 15) is 4.79 Å². The monoisotopic (exact) mass is 313 g/mol. The third kappa shape index (κ3) is 2.92. The first-order valence-corrected chi connectivity index (χ1v) is 7.70. The molecule has 0 radical (unpaired) electrons. The number of thiazole rings is 1. The molecular formula is C16H15N3O2S. The first kappa shape index (κ1) is 14.5. The fraction of sp³-hybridized carbons (Fsp3) is 0.188. The molecule has 3 heterocycles. The lowest BCUT2D eigenvalue weighted by atomic mass is 10.2. The molecule has 1 N–H and O–H groups in total. The fourth-order valence-electron chi connectivity index (χ4n) is 2.08. The highest BCUT2D eigenvalue weighted by Crippen LogP contribution is 2.26. The summed E-state index contributed by atoms with van der Waals surface area (Å²) in [6.07, 6.45) is 3.31. The average molecular weight is 313 g/mol. The second-order valence-electron chi connectivity index (χ2n) is 4.86. The smallest absolute Gasteiger partial charge is 0.263 e. The van der Waals surface area contributed by atoms with Crippen LogP contribution in [0.25, 0.3) is 10.7 Å². The predicted molar refractivity (Wildman–Crippen MR) is 84.7 cm³/mol. The largest absolute Gasteiger partial charge is 0.467 e. The Kier molecular flexibility index (Phi) is 4.02. The maximum absolute atomic E-state index is 12.4. The zero-order chi connectivity index (χ0) is 15.5. The molecule has 3 aromatic rings. The SMILES string of the molecule is Cc1nc(-c2ccccn2)sc1C(=O)NC(C)c1ccco1. The number of nitrogens with one attached hydrogen (secondary N) is 1. The maximum Gasteiger partial charge on any atom is 0.263 e. The molecule has 1 atom stereocenters. The van der Waals surface area contributed by atoms with Gasteiger partial charge >= 0.3 is 0 Å². The van der Waals surface area contributed by atoms with Crippen molar-refractivity contribution in [2.24, 2.45) is 0 Å². The van der Waals surface area contributed by atoms with Gasteiger partial charge in [0.15, 0.2) is 0 Å². The summed E-state index contributed by atoms with van der Waals surface area (Å²) in [7, 11) is 0. The number of furan rings is 1. The van der Waals surface area contributed by atoms with Gasteiger partial charge in [0.2, 0.25) is 0 Å². The molecule has 0 aliphatic heterocycles. The minimum absolute atomic E-state index is 0.152. The molecule has 1 amide bonds. The van der Waals surface area contributed by atoms with E-state index in [2.05, 4.69) is 15.3 Å². The van der Waals surface area contributed by atoms with Gasteiger partial charge in [-0.1, -0.05) is 6.07 Å². The van der Waals surface area contributed by atoms with E-state index in [1.807, 2.05) is 38.1 Å². The standard InChI is InChI=1S/C16H15N3O2S/c1-10(13-7-5-9-21-13)18-15(20)14-11(2)19-16(22-14)12-6-3-4-8-17-12/h3-10H,1-2H3,(H,18,20). The van der Waals surface area contributed by atoms with Crippen LogP contribution in [0.5, 0.6) is 0 Å². The molecule has 0 aliphatic carbocycles. The van der Waals surface area contributed by atoms with Gasteiger partial charge in [-0.3, -0.25) is 9.78 Å². The Morgan fingerprint density at radius 2 is 2.18 bits per heavy atom. The molecule has 0 saturated carbocycles. The quantitative estimate of drug-likeness (QED) is 0.799. The molecule has 3 aromatic heterocycles. The molecule has 6 heteroatoms. The summed E-state index contributed by atoms with van der Waals surface area (Å²) in [6, 6.07) is 9.08. The summed E-state index contributed by atoms with van der Waals surface area (Å²) in [4.78, 5) is 21.7. The summed E-state index contributed by atoms with van der Waals surface area (Å²) in [5, 5.41) is 3.67. The van der Waals surface area contributed by atoms with Crippen molar-refractivity contribution in [2.45, 2.75) is 19.9 Å². The van der Waals surface area contributed by atoms with Crippen LogP contribution in [0.1, 0.15) is 34.1 Å². The van der Waals surface area contributed by atoms with Crippen LogP contribution in [0.4, 0.5) is 0 Å². The van der Waals surface area contributed by atoms with Gasteiger partial charge in [0.05, 0.1) is 23.7 Å². The molecule has 1 unspecified atom stereocenters. The third-order valence-corrected chi connectivity index (χ3v) is 4.38. The number of hydrogen-bond donors (Lipinski definition) is 1. The van der Waals surface area contributed by atoms with Crippen molar-refractivity contribution >= 4 is 17.2 Å². The first-order valence-electron chi connectivity index (χ1n) is 6.88. The third-order valence-electron chi connectivity index (χ3n) is 3.20. The van der Waals surface area contributed by atoms with E-state index in [0.29, 0.717) is 10.6 Å². The number of amides is 1. The van der Waals surface area contributed by atoms with Crippen molar-refractivity contribution in [1.82, 2.24) is 15.3 Å². The molecule has 0 spiro atoms. The lowest BCUT2D eigenvalue weighted by Crippen LogP contribution is -2.26. The Bertz CT molecular complexity index is 766. The number of aryl methyl sites for hydroxylation is 1. The van der Waals surface area contributed by atoms with Crippen LogP contribution in [-0.2, 0) is 0 Å². The van der Waals surface area contributed by atoms with Gasteiger partial charge in [0.25, 0.3) is 5.91 Å². The Balaban J connectivity index is 1.80. The number of carbonyl (C=O) groups excluding carboxylic acids is 1. The van der Waals surface area contributed by atoms with Crippen molar-refractivity contribution in [3.05, 3.63) is 59.1 Å². The minimum Gasteiger partial charge on any atom is -0.467 e. The van der Waals surface area contributed by atoms with Gasteiger partial charge in [-0.05, 0) is 38.1 Å². The van der Waals surface area contributed by atoms with Crippen LogP contribution in [0, 0.1) is 6.92 Å². The number of carbonyl (C=O) groups is 1. The van der Waals surface area contributed by atoms with E-state index in [0.717, 1.165) is 16.5 Å². The van der Waals surface area contributed by atoms with Crippen molar-refractivity contribution in [1.29, 1.82) is 0 Å². The molecule has 0 bridgehead atoms. The van der Waals surface area contributed by atoms with E-state index in [4.69, 9.17) is 4.42 Å². The van der Waals surface area contributed by atoms with E-state index in [-0.39, 0.29) is 11.9 Å².